The molecule has 2 nitrogen and oxygen atoms in total. The highest BCUT2D eigenvalue weighted by atomic mass is 16.3. The zero-order valence-corrected chi connectivity index (χ0v) is 9.96. The first-order valence-electron chi connectivity index (χ1n) is 6.35. The predicted octanol–water partition coefficient (Wildman–Crippen LogP) is 2.46. The van der Waals surface area contributed by atoms with Crippen LogP contribution in [0.3, 0.4) is 0 Å². The molecule has 4 aliphatic carbocycles. The van der Waals surface area contributed by atoms with Crippen molar-refractivity contribution in [2.75, 3.05) is 0 Å². The Hall–Kier alpha value is -0.630. The Morgan fingerprint density at radius 2 is 1.81 bits per heavy atom. The van der Waals surface area contributed by atoms with Gasteiger partial charge in [-0.15, -0.1) is 0 Å². The van der Waals surface area contributed by atoms with Gasteiger partial charge >= 0.3 is 0 Å². The maximum atomic E-state index is 11.6. The lowest BCUT2D eigenvalue weighted by Crippen LogP contribution is -2.56. The van der Waals surface area contributed by atoms with Crippen LogP contribution in [0.25, 0.3) is 0 Å². The monoisotopic (exact) mass is 220 g/mol. The third-order valence-corrected chi connectivity index (χ3v) is 5.10. The normalized spacial score (nSPS) is 49.4. The number of ketones is 1. The van der Waals surface area contributed by atoms with Gasteiger partial charge in [-0.1, -0.05) is 6.58 Å². The van der Waals surface area contributed by atoms with Gasteiger partial charge in [0.25, 0.3) is 0 Å². The molecule has 0 heterocycles. The molecule has 16 heavy (non-hydrogen) atoms. The van der Waals surface area contributed by atoms with E-state index < -0.39 is 5.60 Å². The van der Waals surface area contributed by atoms with E-state index in [4.69, 9.17) is 0 Å². The zero-order valence-electron chi connectivity index (χ0n) is 9.96. The molecule has 4 saturated carbocycles. The van der Waals surface area contributed by atoms with Gasteiger partial charge in [0, 0.05) is 5.41 Å². The number of allylic oxidation sites excluding steroid dienone is 1. The first-order valence-corrected chi connectivity index (χ1v) is 6.35. The van der Waals surface area contributed by atoms with Crippen LogP contribution in [0.4, 0.5) is 0 Å². The highest BCUT2D eigenvalue weighted by Crippen LogP contribution is 2.63. The molecule has 2 unspecified atom stereocenters. The predicted molar refractivity (Wildman–Crippen MR) is 61.9 cm³/mol. The molecule has 0 aromatic carbocycles. The van der Waals surface area contributed by atoms with Crippen molar-refractivity contribution in [1.82, 2.24) is 0 Å². The highest BCUT2D eigenvalue weighted by molar-refractivity contribution is 5.94. The summed E-state index contributed by atoms with van der Waals surface area (Å²) in [6, 6.07) is 0. The second kappa shape index (κ2) is 2.98. The number of carbonyl (C=O) groups is 1. The molecule has 1 N–H and O–H groups in total. The van der Waals surface area contributed by atoms with Crippen molar-refractivity contribution in [3.63, 3.8) is 0 Å². The lowest BCUT2D eigenvalue weighted by atomic mass is 9.46. The molecule has 4 bridgehead atoms. The molecule has 0 spiro atoms. The van der Waals surface area contributed by atoms with Gasteiger partial charge in [0.2, 0.25) is 0 Å². The average Bonchev–Trinajstić information content (AvgIpc) is 2.12. The molecule has 2 atom stereocenters. The van der Waals surface area contributed by atoms with E-state index in [1.165, 1.54) is 6.42 Å². The minimum absolute atomic E-state index is 0.0509. The summed E-state index contributed by atoms with van der Waals surface area (Å²) >= 11 is 0. The summed E-state index contributed by atoms with van der Waals surface area (Å²) in [7, 11) is 0. The maximum Gasteiger partial charge on any atom is 0.155 e. The molecule has 2 heteroatoms. The number of aliphatic hydroxyl groups is 1. The Kier molecular flexibility index (Phi) is 1.96. The molecule has 0 aromatic heterocycles. The Labute approximate surface area is 96.7 Å². The van der Waals surface area contributed by atoms with E-state index in [9.17, 15) is 9.90 Å². The Morgan fingerprint density at radius 3 is 2.25 bits per heavy atom. The van der Waals surface area contributed by atoms with Crippen molar-refractivity contribution in [3.05, 3.63) is 12.2 Å². The van der Waals surface area contributed by atoms with Crippen LogP contribution in [0.1, 0.15) is 45.4 Å². The number of rotatable bonds is 2. The summed E-state index contributed by atoms with van der Waals surface area (Å²) in [5, 5.41) is 10.5. The topological polar surface area (TPSA) is 37.3 Å². The molecule has 0 aliphatic heterocycles. The minimum Gasteiger partial charge on any atom is -0.390 e. The van der Waals surface area contributed by atoms with Crippen LogP contribution in [0.2, 0.25) is 0 Å². The van der Waals surface area contributed by atoms with Crippen molar-refractivity contribution in [2.45, 2.75) is 51.0 Å². The van der Waals surface area contributed by atoms with Crippen LogP contribution in [0.5, 0.6) is 0 Å². The average molecular weight is 220 g/mol. The first-order chi connectivity index (χ1) is 7.42. The van der Waals surface area contributed by atoms with Gasteiger partial charge in [0.1, 0.15) is 0 Å². The van der Waals surface area contributed by atoms with Gasteiger partial charge in [0.05, 0.1) is 5.60 Å². The van der Waals surface area contributed by atoms with Crippen molar-refractivity contribution < 1.29 is 9.90 Å². The summed E-state index contributed by atoms with van der Waals surface area (Å²) in [5.41, 5.74) is 0.243. The molecule has 0 saturated heterocycles. The Bertz CT molecular complexity index is 355. The molecular weight excluding hydrogens is 200 g/mol. The van der Waals surface area contributed by atoms with Crippen molar-refractivity contribution in [3.8, 4) is 0 Å². The van der Waals surface area contributed by atoms with E-state index in [-0.39, 0.29) is 11.2 Å². The molecular formula is C14H20O2. The van der Waals surface area contributed by atoms with E-state index in [1.807, 2.05) is 0 Å². The lowest BCUT2D eigenvalue weighted by Gasteiger charge is -2.60. The van der Waals surface area contributed by atoms with E-state index in [1.54, 1.807) is 6.92 Å². The summed E-state index contributed by atoms with van der Waals surface area (Å²) < 4.78 is 0. The quantitative estimate of drug-likeness (QED) is 0.726. The van der Waals surface area contributed by atoms with Crippen molar-refractivity contribution in [1.29, 1.82) is 0 Å². The van der Waals surface area contributed by atoms with Crippen LogP contribution in [-0.2, 0) is 4.79 Å². The second-order valence-corrected chi connectivity index (χ2v) is 6.50. The summed E-state index contributed by atoms with van der Waals surface area (Å²) in [5.74, 6) is 1.37. The van der Waals surface area contributed by atoms with Gasteiger partial charge in [0.15, 0.2) is 5.78 Å². The number of hydrogen-bond acceptors (Lipinski definition) is 2. The summed E-state index contributed by atoms with van der Waals surface area (Å²) in [4.78, 5) is 11.6. The molecule has 0 amide bonds. The van der Waals surface area contributed by atoms with Crippen LogP contribution >= 0.6 is 0 Å². The van der Waals surface area contributed by atoms with Gasteiger partial charge in [-0.25, -0.2) is 0 Å². The van der Waals surface area contributed by atoms with E-state index in [0.717, 1.165) is 37.7 Å². The van der Waals surface area contributed by atoms with Crippen molar-refractivity contribution >= 4 is 5.78 Å². The fraction of sp³-hybridized carbons (Fsp3) is 0.786. The smallest absolute Gasteiger partial charge is 0.155 e. The molecule has 4 fully saturated rings. The van der Waals surface area contributed by atoms with Gasteiger partial charge in [-0.3, -0.25) is 4.79 Å². The molecule has 4 rings (SSSR count). The fourth-order valence-electron chi connectivity index (χ4n) is 4.94. The zero-order chi connectivity index (χ0) is 11.6. The fourth-order valence-corrected chi connectivity index (χ4v) is 4.94. The highest BCUT2D eigenvalue weighted by Gasteiger charge is 2.58. The number of hydrogen-bond donors (Lipinski definition) is 1. The van der Waals surface area contributed by atoms with E-state index in [2.05, 4.69) is 6.58 Å². The van der Waals surface area contributed by atoms with Crippen LogP contribution in [-0.4, -0.2) is 16.5 Å². The van der Waals surface area contributed by atoms with Gasteiger partial charge in [-0.2, -0.15) is 0 Å². The molecule has 0 radical (unpaired) electrons. The first kappa shape index (κ1) is 10.5. The molecule has 4 aliphatic rings. The second-order valence-electron chi connectivity index (χ2n) is 6.50. The summed E-state index contributed by atoms with van der Waals surface area (Å²) in [6.45, 7) is 5.63. The van der Waals surface area contributed by atoms with Gasteiger partial charge in [-0.05, 0) is 62.9 Å². The van der Waals surface area contributed by atoms with E-state index >= 15 is 0 Å². The maximum absolute atomic E-state index is 11.6. The number of carbonyl (C=O) groups excluding carboxylic acids is 1. The lowest BCUT2D eigenvalue weighted by molar-refractivity contribution is -0.153. The third kappa shape index (κ3) is 1.32. The van der Waals surface area contributed by atoms with Crippen LogP contribution in [0.15, 0.2) is 12.2 Å². The number of Topliss-reactive ketones (excluding diaryl/α,β-unsaturated/α-hetero) is 1. The summed E-state index contributed by atoms with van der Waals surface area (Å²) in [6.07, 6.45) is 6.13. The molecule has 0 aromatic rings. The van der Waals surface area contributed by atoms with E-state index in [0.29, 0.717) is 11.8 Å². The van der Waals surface area contributed by atoms with Gasteiger partial charge < -0.3 is 5.11 Å². The molecule has 88 valence electrons. The third-order valence-electron chi connectivity index (χ3n) is 5.10. The SMILES string of the molecule is C=C(C(C)=O)C12CC3CC(CC(O)(C3)C1)C2. The standard InChI is InChI=1S/C14H20O2/c1-9(10(2)15)13-4-11-3-12(5-13)7-14(16,6-11)8-13/h11-12,16H,1,3-8H2,2H3. The Balaban J connectivity index is 1.98. The van der Waals surface area contributed by atoms with Crippen molar-refractivity contribution in [2.24, 2.45) is 17.3 Å². The largest absolute Gasteiger partial charge is 0.390 e. The van der Waals surface area contributed by atoms with Crippen LogP contribution < -0.4 is 0 Å². The minimum atomic E-state index is -0.484. The Morgan fingerprint density at radius 1 is 1.25 bits per heavy atom. The van der Waals surface area contributed by atoms with Crippen LogP contribution in [0, 0.1) is 17.3 Å².